The van der Waals surface area contributed by atoms with Gasteiger partial charge in [0.05, 0.1) is 6.04 Å². The van der Waals surface area contributed by atoms with E-state index in [0.29, 0.717) is 5.75 Å². The summed E-state index contributed by atoms with van der Waals surface area (Å²) in [6, 6.07) is 13.7. The van der Waals surface area contributed by atoms with Gasteiger partial charge in [0.2, 0.25) is 0 Å². The second kappa shape index (κ2) is 6.43. The number of carbonyl (C=O) groups excluding carboxylic acids is 1. The zero-order valence-electron chi connectivity index (χ0n) is 13.5. The number of aromatic amines is 1. The molecule has 0 spiro atoms. The average molecular weight is 356 g/mol. The van der Waals surface area contributed by atoms with Gasteiger partial charge in [-0.15, -0.1) is 0 Å². The van der Waals surface area contributed by atoms with E-state index in [9.17, 15) is 4.79 Å². The number of amides is 1. The summed E-state index contributed by atoms with van der Waals surface area (Å²) in [5, 5.41) is 5.50. The van der Waals surface area contributed by atoms with Crippen molar-refractivity contribution in [3.63, 3.8) is 0 Å². The number of benzene rings is 2. The molecule has 1 aromatic heterocycles. The number of rotatable bonds is 4. The fourth-order valence-electron chi connectivity index (χ4n) is 3.40. The molecule has 1 aliphatic rings. The summed E-state index contributed by atoms with van der Waals surface area (Å²) < 4.78 is 5.32. The maximum absolute atomic E-state index is 10.8. The molecule has 0 aliphatic carbocycles. The van der Waals surface area contributed by atoms with Crippen LogP contribution in [0.15, 0.2) is 42.5 Å². The highest BCUT2D eigenvalue weighted by Gasteiger charge is 2.25. The van der Waals surface area contributed by atoms with Crippen LogP contribution in [0.4, 0.5) is 0 Å². The zero-order valence-corrected chi connectivity index (χ0v) is 14.3. The van der Waals surface area contributed by atoms with Gasteiger partial charge < -0.3 is 20.8 Å². The Balaban J connectivity index is 1.66. The van der Waals surface area contributed by atoms with E-state index >= 15 is 0 Å². The molecule has 4 N–H and O–H groups in total. The second-order valence-electron chi connectivity index (χ2n) is 6.17. The first-order valence-electron chi connectivity index (χ1n) is 8.16. The predicted molar refractivity (Wildman–Crippen MR) is 98.0 cm³/mol. The zero-order chi connectivity index (χ0) is 17.4. The van der Waals surface area contributed by atoms with Gasteiger partial charge in [-0.05, 0) is 47.9 Å². The van der Waals surface area contributed by atoms with E-state index < -0.39 is 5.91 Å². The Kier molecular flexibility index (Phi) is 4.11. The first-order valence-corrected chi connectivity index (χ1v) is 8.54. The lowest BCUT2D eigenvalue weighted by Gasteiger charge is -2.25. The smallest absolute Gasteiger partial charge is 0.255 e. The molecule has 1 aliphatic heterocycles. The van der Waals surface area contributed by atoms with E-state index in [0.717, 1.165) is 29.1 Å². The molecule has 0 fully saturated rings. The summed E-state index contributed by atoms with van der Waals surface area (Å²) in [4.78, 5) is 14.3. The molecule has 1 unspecified atom stereocenters. The minimum atomic E-state index is -0.487. The topological polar surface area (TPSA) is 80.1 Å². The van der Waals surface area contributed by atoms with Crippen LogP contribution in [0.5, 0.6) is 5.75 Å². The highest BCUT2D eigenvalue weighted by molar-refractivity contribution is 6.31. The normalized spacial score (nSPS) is 16.6. The molecule has 128 valence electrons. The predicted octanol–water partition coefficient (Wildman–Crippen LogP) is 2.92. The molecular weight excluding hydrogens is 338 g/mol. The van der Waals surface area contributed by atoms with Crippen LogP contribution in [-0.4, -0.2) is 24.0 Å². The summed E-state index contributed by atoms with van der Waals surface area (Å²) in [7, 11) is 0. The van der Waals surface area contributed by atoms with Gasteiger partial charge in [-0.2, -0.15) is 0 Å². The number of aromatic nitrogens is 1. The second-order valence-corrected chi connectivity index (χ2v) is 6.60. The number of ether oxygens (including phenoxy) is 1. The third-order valence-electron chi connectivity index (χ3n) is 4.51. The van der Waals surface area contributed by atoms with Crippen LogP contribution < -0.4 is 15.8 Å². The summed E-state index contributed by atoms with van der Waals surface area (Å²) in [6.45, 7) is 0.783. The molecule has 0 radical (unpaired) electrons. The quantitative estimate of drug-likeness (QED) is 0.673. The van der Waals surface area contributed by atoms with Crippen molar-refractivity contribution < 1.29 is 9.53 Å². The van der Waals surface area contributed by atoms with Gasteiger partial charge in [0.25, 0.3) is 5.91 Å². The van der Waals surface area contributed by atoms with Crippen LogP contribution in [0.25, 0.3) is 10.9 Å². The minimum Gasteiger partial charge on any atom is -0.484 e. The number of primary amides is 1. The molecule has 4 rings (SSSR count). The van der Waals surface area contributed by atoms with Crippen LogP contribution in [0.2, 0.25) is 5.02 Å². The summed E-state index contributed by atoms with van der Waals surface area (Å²) in [5.74, 6) is 0.140. The number of halogens is 1. The summed E-state index contributed by atoms with van der Waals surface area (Å²) >= 11 is 6.16. The van der Waals surface area contributed by atoms with E-state index in [4.69, 9.17) is 22.1 Å². The Labute approximate surface area is 150 Å². The molecule has 25 heavy (non-hydrogen) atoms. The van der Waals surface area contributed by atoms with Crippen molar-refractivity contribution in [3.05, 3.63) is 64.3 Å². The fraction of sp³-hybridized carbons (Fsp3) is 0.211. The molecule has 0 saturated carbocycles. The lowest BCUT2D eigenvalue weighted by molar-refractivity contribution is -0.119. The van der Waals surface area contributed by atoms with Crippen LogP contribution in [0, 0.1) is 0 Å². The number of nitrogens with one attached hydrogen (secondary N) is 2. The van der Waals surface area contributed by atoms with Crippen molar-refractivity contribution in [3.8, 4) is 5.75 Å². The lowest BCUT2D eigenvalue weighted by atomic mass is 9.94. The number of fused-ring (bicyclic) bond motifs is 3. The first kappa shape index (κ1) is 16.0. The van der Waals surface area contributed by atoms with Gasteiger partial charge in [-0.3, -0.25) is 4.79 Å². The van der Waals surface area contributed by atoms with Crippen LogP contribution in [0.1, 0.15) is 22.9 Å². The summed E-state index contributed by atoms with van der Waals surface area (Å²) in [6.07, 6.45) is 0.964. The largest absolute Gasteiger partial charge is 0.484 e. The van der Waals surface area contributed by atoms with Gasteiger partial charge >= 0.3 is 0 Å². The maximum atomic E-state index is 10.8. The number of H-pyrrole nitrogens is 1. The maximum Gasteiger partial charge on any atom is 0.255 e. The Morgan fingerprint density at radius 2 is 2.04 bits per heavy atom. The Hall–Kier alpha value is -2.50. The number of carbonyl (C=O) groups is 1. The molecule has 1 atom stereocenters. The fourth-order valence-corrected chi connectivity index (χ4v) is 3.57. The highest BCUT2D eigenvalue weighted by atomic mass is 35.5. The lowest BCUT2D eigenvalue weighted by Crippen LogP contribution is -2.30. The van der Waals surface area contributed by atoms with Crippen molar-refractivity contribution in [2.24, 2.45) is 5.73 Å². The standard InChI is InChI=1S/C19H18ClN3O2/c20-12-3-6-16-15(9-12)14-7-8-22-18(19(14)23-16)11-1-4-13(5-2-11)25-10-17(21)24/h1-6,9,18,22-23H,7-8,10H2,(H2,21,24). The van der Waals surface area contributed by atoms with Crippen molar-refractivity contribution in [2.45, 2.75) is 12.5 Å². The van der Waals surface area contributed by atoms with Crippen molar-refractivity contribution in [1.29, 1.82) is 0 Å². The van der Waals surface area contributed by atoms with Crippen LogP contribution >= 0.6 is 11.6 Å². The molecular formula is C19H18ClN3O2. The van der Waals surface area contributed by atoms with E-state index in [-0.39, 0.29) is 12.6 Å². The molecule has 2 aromatic carbocycles. The highest BCUT2D eigenvalue weighted by Crippen LogP contribution is 2.34. The Morgan fingerprint density at radius 1 is 1.24 bits per heavy atom. The van der Waals surface area contributed by atoms with Crippen molar-refractivity contribution >= 4 is 28.4 Å². The number of hydrogen-bond donors (Lipinski definition) is 3. The van der Waals surface area contributed by atoms with Gasteiger partial charge in [0, 0.05) is 28.2 Å². The molecule has 5 nitrogen and oxygen atoms in total. The number of nitrogens with two attached hydrogens (primary N) is 1. The van der Waals surface area contributed by atoms with E-state index in [2.05, 4.69) is 10.3 Å². The van der Waals surface area contributed by atoms with Crippen LogP contribution in [0.3, 0.4) is 0 Å². The number of hydrogen-bond acceptors (Lipinski definition) is 3. The molecule has 1 amide bonds. The Bertz CT molecular complexity index is 934. The molecule has 0 bridgehead atoms. The van der Waals surface area contributed by atoms with Crippen LogP contribution in [-0.2, 0) is 11.2 Å². The molecule has 0 saturated heterocycles. The molecule has 6 heteroatoms. The molecule has 2 heterocycles. The van der Waals surface area contributed by atoms with Crippen molar-refractivity contribution in [2.75, 3.05) is 13.2 Å². The molecule has 3 aromatic rings. The third kappa shape index (κ3) is 3.08. The first-order chi connectivity index (χ1) is 12.1. The van der Waals surface area contributed by atoms with Gasteiger partial charge in [-0.25, -0.2) is 0 Å². The monoisotopic (exact) mass is 355 g/mol. The van der Waals surface area contributed by atoms with Crippen molar-refractivity contribution in [1.82, 2.24) is 10.3 Å². The average Bonchev–Trinajstić information content (AvgIpc) is 2.98. The minimum absolute atomic E-state index is 0.0834. The Morgan fingerprint density at radius 3 is 2.80 bits per heavy atom. The summed E-state index contributed by atoms with van der Waals surface area (Å²) in [5.41, 5.74) is 9.82. The van der Waals surface area contributed by atoms with E-state index in [1.54, 1.807) is 0 Å². The SMILES string of the molecule is NC(=O)COc1ccc(C2NCCc3c2[nH]c2ccc(Cl)cc32)cc1. The van der Waals surface area contributed by atoms with Gasteiger partial charge in [-0.1, -0.05) is 23.7 Å². The van der Waals surface area contributed by atoms with E-state index in [1.807, 2.05) is 42.5 Å². The van der Waals surface area contributed by atoms with Gasteiger partial charge in [0.1, 0.15) is 5.75 Å². The van der Waals surface area contributed by atoms with Gasteiger partial charge in [0.15, 0.2) is 6.61 Å². The van der Waals surface area contributed by atoms with E-state index in [1.165, 1.54) is 16.6 Å². The third-order valence-corrected chi connectivity index (χ3v) is 4.74.